The Labute approximate surface area is 110 Å². The lowest BCUT2D eigenvalue weighted by molar-refractivity contribution is 0.177. The van der Waals surface area contributed by atoms with Gasteiger partial charge in [-0.15, -0.1) is 0 Å². The molecule has 0 aromatic heterocycles. The van der Waals surface area contributed by atoms with Crippen LogP contribution in [0.2, 0.25) is 0 Å². The minimum atomic E-state index is -0.224. The second-order valence-corrected chi connectivity index (χ2v) is 5.78. The normalized spacial score (nSPS) is 18.4. The Morgan fingerprint density at radius 2 is 2.06 bits per heavy atom. The predicted molar refractivity (Wildman–Crippen MR) is 76.1 cm³/mol. The molecule has 1 aromatic rings. The number of para-hydroxylation sites is 1. The second-order valence-electron chi connectivity index (χ2n) is 5.78. The molecule has 1 aliphatic carbocycles. The summed E-state index contributed by atoms with van der Waals surface area (Å²) in [6, 6.07) is 8.97. The number of nitrogens with one attached hydrogen (secondary N) is 1. The number of aliphatic hydroxyl groups is 1. The van der Waals surface area contributed by atoms with Crippen molar-refractivity contribution in [1.29, 1.82) is 0 Å². The van der Waals surface area contributed by atoms with Gasteiger partial charge in [0.15, 0.2) is 0 Å². The lowest BCUT2D eigenvalue weighted by Crippen LogP contribution is -2.54. The van der Waals surface area contributed by atoms with Crippen LogP contribution in [0.3, 0.4) is 0 Å². The van der Waals surface area contributed by atoms with Crippen molar-refractivity contribution < 1.29 is 5.11 Å². The van der Waals surface area contributed by atoms with Crippen molar-refractivity contribution >= 4 is 5.69 Å². The Morgan fingerprint density at radius 1 is 1.39 bits per heavy atom. The molecule has 1 unspecified atom stereocenters. The molecular weight excluding hydrogens is 224 g/mol. The summed E-state index contributed by atoms with van der Waals surface area (Å²) in [5.74, 6) is 0. The molecular formula is C15H24N2O. The van der Waals surface area contributed by atoms with Crippen molar-refractivity contribution in [2.45, 2.75) is 38.3 Å². The highest BCUT2D eigenvalue weighted by Gasteiger charge is 2.33. The van der Waals surface area contributed by atoms with Crippen LogP contribution in [0.4, 0.5) is 5.69 Å². The van der Waals surface area contributed by atoms with Gasteiger partial charge in [0.25, 0.3) is 0 Å². The fourth-order valence-corrected chi connectivity index (χ4v) is 2.46. The van der Waals surface area contributed by atoms with Crippen molar-refractivity contribution in [2.24, 2.45) is 0 Å². The van der Waals surface area contributed by atoms with Crippen LogP contribution in [0.25, 0.3) is 0 Å². The molecule has 1 aliphatic rings. The van der Waals surface area contributed by atoms with Crippen molar-refractivity contribution in [3.63, 3.8) is 0 Å². The van der Waals surface area contributed by atoms with Gasteiger partial charge in [0.1, 0.15) is 0 Å². The smallest absolute Gasteiger partial charge is 0.0628 e. The number of rotatable bonds is 6. The largest absolute Gasteiger partial charge is 0.394 e. The number of aryl methyl sites for hydroxylation is 1. The monoisotopic (exact) mass is 248 g/mol. The summed E-state index contributed by atoms with van der Waals surface area (Å²) in [5, 5.41) is 13.2. The summed E-state index contributed by atoms with van der Waals surface area (Å²) in [4.78, 5) is 2.22. The molecule has 0 spiro atoms. The van der Waals surface area contributed by atoms with Crippen molar-refractivity contribution in [2.75, 3.05) is 25.1 Å². The molecule has 0 bridgehead atoms. The Balaban J connectivity index is 2.04. The molecule has 0 aliphatic heterocycles. The first-order valence-corrected chi connectivity index (χ1v) is 6.69. The van der Waals surface area contributed by atoms with E-state index in [-0.39, 0.29) is 12.1 Å². The highest BCUT2D eigenvalue weighted by molar-refractivity contribution is 5.52. The number of nitrogens with zero attached hydrogens (tertiary/aromatic N) is 1. The quantitative estimate of drug-likeness (QED) is 0.807. The van der Waals surface area contributed by atoms with Crippen LogP contribution in [-0.4, -0.2) is 36.9 Å². The second kappa shape index (κ2) is 5.29. The molecule has 0 amide bonds. The lowest BCUT2D eigenvalue weighted by Gasteiger charge is -2.35. The Morgan fingerprint density at radius 3 is 2.61 bits per heavy atom. The maximum absolute atomic E-state index is 9.64. The first kappa shape index (κ1) is 13.4. The van der Waals surface area contributed by atoms with E-state index in [1.807, 2.05) is 0 Å². The van der Waals surface area contributed by atoms with Gasteiger partial charge in [0.2, 0.25) is 0 Å². The van der Waals surface area contributed by atoms with Gasteiger partial charge in [0.05, 0.1) is 12.1 Å². The van der Waals surface area contributed by atoms with E-state index < -0.39 is 0 Å². The first-order chi connectivity index (χ1) is 8.54. The van der Waals surface area contributed by atoms with E-state index in [1.165, 1.54) is 24.1 Å². The van der Waals surface area contributed by atoms with Gasteiger partial charge in [-0.3, -0.25) is 0 Å². The van der Waals surface area contributed by atoms with E-state index in [4.69, 9.17) is 0 Å². The van der Waals surface area contributed by atoms with E-state index in [0.717, 1.165) is 6.54 Å². The molecule has 100 valence electrons. The zero-order chi connectivity index (χ0) is 13.2. The average molecular weight is 248 g/mol. The van der Waals surface area contributed by atoms with Crippen LogP contribution in [0, 0.1) is 6.92 Å². The Kier molecular flexibility index (Phi) is 3.93. The molecule has 3 nitrogen and oxygen atoms in total. The molecule has 2 rings (SSSR count). The van der Waals surface area contributed by atoms with Crippen LogP contribution in [-0.2, 0) is 0 Å². The summed E-state index contributed by atoms with van der Waals surface area (Å²) in [6.45, 7) is 5.20. The van der Waals surface area contributed by atoms with Gasteiger partial charge in [0, 0.05) is 25.3 Å². The molecule has 1 fully saturated rings. The van der Waals surface area contributed by atoms with Gasteiger partial charge in [-0.2, -0.15) is 0 Å². The standard InChI is InChI=1S/C15H24N2O/c1-12-6-4-5-7-14(12)17(3)10-15(2,11-18)16-13-8-9-13/h4-7,13,16,18H,8-11H2,1-3H3. The summed E-state index contributed by atoms with van der Waals surface area (Å²) in [6.07, 6.45) is 2.48. The summed E-state index contributed by atoms with van der Waals surface area (Å²) in [7, 11) is 2.09. The molecule has 1 saturated carbocycles. The summed E-state index contributed by atoms with van der Waals surface area (Å²) < 4.78 is 0. The van der Waals surface area contributed by atoms with Gasteiger partial charge in [-0.05, 0) is 38.3 Å². The van der Waals surface area contributed by atoms with Gasteiger partial charge < -0.3 is 15.3 Å². The van der Waals surface area contributed by atoms with Crippen LogP contribution in [0.15, 0.2) is 24.3 Å². The summed E-state index contributed by atoms with van der Waals surface area (Å²) in [5.41, 5.74) is 2.28. The molecule has 0 radical (unpaired) electrons. The van der Waals surface area contributed by atoms with Gasteiger partial charge >= 0.3 is 0 Å². The predicted octanol–water partition coefficient (Wildman–Crippen LogP) is 1.93. The molecule has 0 saturated heterocycles. The summed E-state index contributed by atoms with van der Waals surface area (Å²) >= 11 is 0. The van der Waals surface area contributed by atoms with Crippen molar-refractivity contribution in [3.8, 4) is 0 Å². The maximum Gasteiger partial charge on any atom is 0.0628 e. The highest BCUT2D eigenvalue weighted by atomic mass is 16.3. The Hall–Kier alpha value is -1.06. The van der Waals surface area contributed by atoms with Crippen molar-refractivity contribution in [1.82, 2.24) is 5.32 Å². The number of benzene rings is 1. The minimum absolute atomic E-state index is 0.166. The third-order valence-electron chi connectivity index (χ3n) is 3.59. The Bertz CT molecular complexity index is 403. The SMILES string of the molecule is Cc1ccccc1N(C)CC(C)(CO)NC1CC1. The maximum atomic E-state index is 9.64. The van der Waals surface area contributed by atoms with Crippen LogP contribution >= 0.6 is 0 Å². The van der Waals surface area contributed by atoms with E-state index >= 15 is 0 Å². The van der Waals surface area contributed by atoms with E-state index in [2.05, 4.69) is 55.4 Å². The van der Waals surface area contributed by atoms with Crippen LogP contribution in [0.5, 0.6) is 0 Å². The third kappa shape index (κ3) is 3.24. The number of anilines is 1. The van der Waals surface area contributed by atoms with Gasteiger partial charge in [-0.1, -0.05) is 18.2 Å². The minimum Gasteiger partial charge on any atom is -0.394 e. The number of likely N-dealkylation sites (N-methyl/N-ethyl adjacent to an activating group) is 1. The zero-order valence-electron chi connectivity index (χ0n) is 11.6. The number of hydrogen-bond donors (Lipinski definition) is 2. The molecule has 1 aromatic carbocycles. The molecule has 2 N–H and O–H groups in total. The highest BCUT2D eigenvalue weighted by Crippen LogP contribution is 2.24. The molecule has 3 heteroatoms. The third-order valence-corrected chi connectivity index (χ3v) is 3.59. The number of hydrogen-bond acceptors (Lipinski definition) is 3. The topological polar surface area (TPSA) is 35.5 Å². The first-order valence-electron chi connectivity index (χ1n) is 6.69. The van der Waals surface area contributed by atoms with E-state index in [1.54, 1.807) is 0 Å². The van der Waals surface area contributed by atoms with E-state index in [9.17, 15) is 5.11 Å². The van der Waals surface area contributed by atoms with Crippen molar-refractivity contribution in [3.05, 3.63) is 29.8 Å². The molecule has 0 heterocycles. The average Bonchev–Trinajstić information content (AvgIpc) is 3.13. The van der Waals surface area contributed by atoms with Crippen LogP contribution in [0.1, 0.15) is 25.3 Å². The number of aliphatic hydroxyl groups excluding tert-OH is 1. The molecule has 1 atom stereocenters. The van der Waals surface area contributed by atoms with E-state index in [0.29, 0.717) is 6.04 Å². The molecule has 18 heavy (non-hydrogen) atoms. The lowest BCUT2D eigenvalue weighted by atomic mass is 10.0. The van der Waals surface area contributed by atoms with Gasteiger partial charge in [-0.25, -0.2) is 0 Å². The fourth-order valence-electron chi connectivity index (χ4n) is 2.46. The zero-order valence-corrected chi connectivity index (χ0v) is 11.6. The fraction of sp³-hybridized carbons (Fsp3) is 0.600. The van der Waals surface area contributed by atoms with Crippen LogP contribution < -0.4 is 10.2 Å².